The van der Waals surface area contributed by atoms with Crippen LogP contribution in [0, 0.1) is 0 Å². The predicted octanol–water partition coefficient (Wildman–Crippen LogP) is 1.46. The number of hydrogen-bond donors (Lipinski definition) is 0. The standard InChI is InChI=1S/C9H10N2O2/c1-13-9(12)11-6-4-8-3-2-5-10-7-8/h2-3,5-7H,4H2,1H3. The Morgan fingerprint density at radius 2 is 2.62 bits per heavy atom. The van der Waals surface area contributed by atoms with Gasteiger partial charge in [0, 0.05) is 25.0 Å². The molecule has 1 aromatic rings. The van der Waals surface area contributed by atoms with Crippen LogP contribution in [-0.2, 0) is 11.2 Å². The van der Waals surface area contributed by atoms with Crippen molar-refractivity contribution in [3.8, 4) is 0 Å². The van der Waals surface area contributed by atoms with Crippen LogP contribution in [0.5, 0.6) is 0 Å². The average molecular weight is 178 g/mol. The SMILES string of the molecule is COC(=O)N=CCc1cccnc1. The summed E-state index contributed by atoms with van der Waals surface area (Å²) in [5, 5.41) is 0. The number of aromatic nitrogens is 1. The van der Waals surface area contributed by atoms with E-state index in [0.717, 1.165) is 5.56 Å². The molecule has 0 spiro atoms. The molecule has 0 atom stereocenters. The molecule has 1 aromatic heterocycles. The highest BCUT2D eigenvalue weighted by atomic mass is 16.5. The Bertz CT molecular complexity index is 296. The van der Waals surface area contributed by atoms with Crippen molar-refractivity contribution in [2.24, 2.45) is 4.99 Å². The monoisotopic (exact) mass is 178 g/mol. The summed E-state index contributed by atoms with van der Waals surface area (Å²) >= 11 is 0. The molecule has 0 bridgehead atoms. The number of carbonyl (C=O) groups excluding carboxylic acids is 1. The number of ether oxygens (including phenoxy) is 1. The van der Waals surface area contributed by atoms with Crippen molar-refractivity contribution in [2.45, 2.75) is 6.42 Å². The summed E-state index contributed by atoms with van der Waals surface area (Å²) in [6, 6.07) is 3.75. The molecule has 0 radical (unpaired) electrons. The molecule has 0 aliphatic heterocycles. The highest BCUT2D eigenvalue weighted by molar-refractivity contribution is 5.79. The van der Waals surface area contributed by atoms with Crippen LogP contribution >= 0.6 is 0 Å². The van der Waals surface area contributed by atoms with Crippen molar-refractivity contribution in [1.29, 1.82) is 0 Å². The second-order valence-electron chi connectivity index (χ2n) is 2.35. The van der Waals surface area contributed by atoms with Crippen LogP contribution in [0.15, 0.2) is 29.5 Å². The maximum absolute atomic E-state index is 10.6. The summed E-state index contributed by atoms with van der Waals surface area (Å²) in [6.07, 6.45) is 4.93. The molecule has 0 aliphatic rings. The van der Waals surface area contributed by atoms with Crippen LogP contribution in [0.1, 0.15) is 5.56 Å². The van der Waals surface area contributed by atoms with E-state index in [2.05, 4.69) is 14.7 Å². The van der Waals surface area contributed by atoms with E-state index in [9.17, 15) is 4.79 Å². The van der Waals surface area contributed by atoms with Gasteiger partial charge in [0.1, 0.15) is 0 Å². The van der Waals surface area contributed by atoms with Gasteiger partial charge in [-0.2, -0.15) is 4.99 Å². The molecular formula is C9H10N2O2. The Labute approximate surface area is 76.3 Å². The van der Waals surface area contributed by atoms with E-state index in [1.807, 2.05) is 12.1 Å². The first kappa shape index (κ1) is 9.38. The van der Waals surface area contributed by atoms with Crippen molar-refractivity contribution < 1.29 is 9.53 Å². The first-order valence-electron chi connectivity index (χ1n) is 3.82. The third kappa shape index (κ3) is 3.46. The maximum atomic E-state index is 10.6. The summed E-state index contributed by atoms with van der Waals surface area (Å²) in [7, 11) is 1.30. The molecule has 0 aliphatic carbocycles. The zero-order chi connectivity index (χ0) is 9.52. The average Bonchev–Trinajstić information content (AvgIpc) is 2.19. The van der Waals surface area contributed by atoms with Crippen LogP contribution in [0.2, 0.25) is 0 Å². The van der Waals surface area contributed by atoms with Crippen LogP contribution in [0.3, 0.4) is 0 Å². The van der Waals surface area contributed by atoms with Crippen molar-refractivity contribution in [2.75, 3.05) is 7.11 Å². The molecule has 1 rings (SSSR count). The Morgan fingerprint density at radius 3 is 3.23 bits per heavy atom. The molecule has 1 heterocycles. The molecule has 68 valence electrons. The van der Waals surface area contributed by atoms with Gasteiger partial charge in [-0.15, -0.1) is 0 Å². The van der Waals surface area contributed by atoms with E-state index in [4.69, 9.17) is 0 Å². The van der Waals surface area contributed by atoms with Crippen LogP contribution in [0.25, 0.3) is 0 Å². The number of aliphatic imine (C=N–C) groups is 1. The molecule has 0 unspecified atom stereocenters. The van der Waals surface area contributed by atoms with Crippen LogP contribution < -0.4 is 0 Å². The molecular weight excluding hydrogens is 168 g/mol. The molecule has 0 N–H and O–H groups in total. The van der Waals surface area contributed by atoms with Crippen molar-refractivity contribution in [3.05, 3.63) is 30.1 Å². The highest BCUT2D eigenvalue weighted by Gasteiger charge is 1.92. The molecule has 4 heteroatoms. The van der Waals surface area contributed by atoms with Gasteiger partial charge in [0.15, 0.2) is 0 Å². The smallest absolute Gasteiger partial charge is 0.432 e. The molecule has 4 nitrogen and oxygen atoms in total. The highest BCUT2D eigenvalue weighted by Crippen LogP contribution is 1.94. The van der Waals surface area contributed by atoms with E-state index in [1.165, 1.54) is 13.3 Å². The molecule has 13 heavy (non-hydrogen) atoms. The van der Waals surface area contributed by atoms with Gasteiger partial charge >= 0.3 is 6.09 Å². The Balaban J connectivity index is 2.44. The lowest BCUT2D eigenvalue weighted by molar-refractivity contribution is 0.182. The van der Waals surface area contributed by atoms with Crippen molar-refractivity contribution in [1.82, 2.24) is 4.98 Å². The summed E-state index contributed by atoms with van der Waals surface area (Å²) in [6.45, 7) is 0. The van der Waals surface area contributed by atoms with Crippen molar-refractivity contribution >= 4 is 12.3 Å². The first-order valence-corrected chi connectivity index (χ1v) is 3.82. The maximum Gasteiger partial charge on any atom is 0.432 e. The first-order chi connectivity index (χ1) is 6.33. The van der Waals surface area contributed by atoms with E-state index < -0.39 is 6.09 Å². The number of nitrogens with zero attached hydrogens (tertiary/aromatic N) is 2. The third-order valence-corrected chi connectivity index (χ3v) is 1.42. The Hall–Kier alpha value is -1.71. The van der Waals surface area contributed by atoms with E-state index in [-0.39, 0.29) is 0 Å². The van der Waals surface area contributed by atoms with Crippen LogP contribution in [-0.4, -0.2) is 24.4 Å². The van der Waals surface area contributed by atoms with E-state index in [0.29, 0.717) is 6.42 Å². The normalized spacial score (nSPS) is 10.2. The quantitative estimate of drug-likeness (QED) is 0.644. The van der Waals surface area contributed by atoms with Gasteiger partial charge in [0.25, 0.3) is 0 Å². The van der Waals surface area contributed by atoms with Crippen LogP contribution in [0.4, 0.5) is 4.79 Å². The summed E-state index contributed by atoms with van der Waals surface area (Å²) in [5.41, 5.74) is 1.01. The third-order valence-electron chi connectivity index (χ3n) is 1.42. The molecule has 1 amide bonds. The molecule has 0 saturated carbocycles. The lowest BCUT2D eigenvalue weighted by Gasteiger charge is -1.92. The van der Waals surface area contributed by atoms with Gasteiger partial charge in [0.2, 0.25) is 0 Å². The second-order valence-corrected chi connectivity index (χ2v) is 2.35. The number of hydrogen-bond acceptors (Lipinski definition) is 3. The fourth-order valence-electron chi connectivity index (χ4n) is 0.797. The van der Waals surface area contributed by atoms with Gasteiger partial charge < -0.3 is 4.74 Å². The van der Waals surface area contributed by atoms with Gasteiger partial charge in [-0.3, -0.25) is 4.98 Å². The number of amides is 1. The lowest BCUT2D eigenvalue weighted by Crippen LogP contribution is -1.94. The topological polar surface area (TPSA) is 51.5 Å². The van der Waals surface area contributed by atoms with Gasteiger partial charge in [-0.25, -0.2) is 4.79 Å². The lowest BCUT2D eigenvalue weighted by atomic mass is 10.2. The summed E-state index contributed by atoms with van der Waals surface area (Å²) < 4.78 is 4.34. The van der Waals surface area contributed by atoms with Crippen molar-refractivity contribution in [3.63, 3.8) is 0 Å². The Kier molecular flexibility index (Phi) is 3.63. The number of rotatable bonds is 2. The minimum Gasteiger partial charge on any atom is -0.451 e. The molecule has 0 aromatic carbocycles. The minimum absolute atomic E-state index is 0.580. The largest absolute Gasteiger partial charge is 0.451 e. The Morgan fingerprint density at radius 1 is 1.77 bits per heavy atom. The zero-order valence-corrected chi connectivity index (χ0v) is 7.30. The van der Waals surface area contributed by atoms with Gasteiger partial charge in [0.05, 0.1) is 7.11 Å². The minimum atomic E-state index is -0.580. The fraction of sp³-hybridized carbons (Fsp3) is 0.222. The fourth-order valence-corrected chi connectivity index (χ4v) is 0.797. The zero-order valence-electron chi connectivity index (χ0n) is 7.30. The summed E-state index contributed by atoms with van der Waals surface area (Å²) in [4.78, 5) is 18.0. The van der Waals surface area contributed by atoms with E-state index in [1.54, 1.807) is 12.4 Å². The number of pyridine rings is 1. The summed E-state index contributed by atoms with van der Waals surface area (Å²) in [5.74, 6) is 0. The molecule has 0 fully saturated rings. The van der Waals surface area contributed by atoms with E-state index >= 15 is 0 Å². The predicted molar refractivity (Wildman–Crippen MR) is 48.8 cm³/mol. The van der Waals surface area contributed by atoms with Gasteiger partial charge in [-0.1, -0.05) is 6.07 Å². The van der Waals surface area contributed by atoms with Gasteiger partial charge in [-0.05, 0) is 11.6 Å². The number of methoxy groups -OCH3 is 1. The second kappa shape index (κ2) is 5.03. The number of carbonyl (C=O) groups is 1. The molecule has 0 saturated heterocycles.